The smallest absolute Gasteiger partial charge is 0.255 e. The van der Waals surface area contributed by atoms with Gasteiger partial charge in [0.15, 0.2) is 0 Å². The van der Waals surface area contributed by atoms with Crippen LogP contribution in [0.1, 0.15) is 17.3 Å². The molecule has 1 heterocycles. The second-order valence-electron chi connectivity index (χ2n) is 5.04. The average Bonchev–Trinajstić information content (AvgIpc) is 2.57. The molecule has 2 aromatic rings. The van der Waals surface area contributed by atoms with Crippen LogP contribution in [0.2, 0.25) is 10.0 Å². The van der Waals surface area contributed by atoms with E-state index in [1.807, 2.05) is 6.92 Å². The first-order chi connectivity index (χ1) is 10.9. The number of amides is 1. The van der Waals surface area contributed by atoms with E-state index in [-0.39, 0.29) is 36.8 Å². The zero-order chi connectivity index (χ0) is 17.0. The first-order valence-electron chi connectivity index (χ1n) is 6.99. The van der Waals surface area contributed by atoms with Crippen molar-refractivity contribution in [1.29, 1.82) is 0 Å². The number of nitrogens with two attached hydrogens (primary N) is 1. The molecule has 0 spiro atoms. The fraction of sp³-hybridized carbons (Fsp3) is 0.250. The Kier molecular flexibility index (Phi) is 10.2. The van der Waals surface area contributed by atoms with Gasteiger partial charge in [-0.1, -0.05) is 29.3 Å². The van der Waals surface area contributed by atoms with Crippen LogP contribution in [0.25, 0.3) is 0 Å². The van der Waals surface area contributed by atoms with Crippen molar-refractivity contribution in [2.45, 2.75) is 13.0 Å². The molecule has 0 aliphatic heterocycles. The Hall–Kier alpha value is -1.24. The van der Waals surface area contributed by atoms with Gasteiger partial charge in [-0.05, 0) is 25.1 Å². The normalized spacial score (nSPS) is 10.9. The number of pyridine rings is 1. The number of aromatic nitrogens is 1. The van der Waals surface area contributed by atoms with E-state index in [1.54, 1.807) is 42.3 Å². The van der Waals surface area contributed by atoms with Crippen LogP contribution in [0.15, 0.2) is 36.5 Å². The first kappa shape index (κ1) is 23.8. The maximum Gasteiger partial charge on any atom is 0.255 e. The van der Waals surface area contributed by atoms with Crippen LogP contribution >= 0.6 is 48.0 Å². The quantitative estimate of drug-likeness (QED) is 0.766. The highest BCUT2D eigenvalue weighted by Gasteiger charge is 2.17. The number of hydrogen-bond acceptors (Lipinski definition) is 4. The molecule has 2 N–H and O–H groups in total. The van der Waals surface area contributed by atoms with E-state index in [0.717, 1.165) is 0 Å². The Balaban J connectivity index is 0.00000288. The Bertz CT molecular complexity index is 698. The number of carbonyl (C=O) groups excluding carboxylic acids is 1. The van der Waals surface area contributed by atoms with Gasteiger partial charge in [0.1, 0.15) is 10.8 Å². The second-order valence-corrected chi connectivity index (χ2v) is 5.83. The van der Waals surface area contributed by atoms with Crippen molar-refractivity contribution in [2.75, 3.05) is 13.6 Å². The highest BCUT2D eigenvalue weighted by molar-refractivity contribution is 6.42. The van der Waals surface area contributed by atoms with Crippen molar-refractivity contribution < 1.29 is 9.53 Å². The lowest BCUT2D eigenvalue weighted by Gasteiger charge is -2.23. The summed E-state index contributed by atoms with van der Waals surface area (Å²) in [5.41, 5.74) is 6.03. The third kappa shape index (κ3) is 5.90. The third-order valence-electron chi connectivity index (χ3n) is 3.44. The SMILES string of the molecule is CC(CN)N(C)C(=O)c1ccc(Oc2cccc(Cl)c2Cl)nc1.Cl.Cl. The maximum absolute atomic E-state index is 12.3. The summed E-state index contributed by atoms with van der Waals surface area (Å²) in [6, 6.07) is 8.27. The molecule has 0 fully saturated rings. The van der Waals surface area contributed by atoms with E-state index in [9.17, 15) is 4.79 Å². The van der Waals surface area contributed by atoms with Gasteiger partial charge >= 0.3 is 0 Å². The molecule has 138 valence electrons. The van der Waals surface area contributed by atoms with E-state index in [1.165, 1.54) is 6.20 Å². The van der Waals surface area contributed by atoms with Crippen molar-refractivity contribution in [3.8, 4) is 11.6 Å². The van der Waals surface area contributed by atoms with Gasteiger partial charge in [-0.3, -0.25) is 4.79 Å². The van der Waals surface area contributed by atoms with Gasteiger partial charge in [-0.25, -0.2) is 4.98 Å². The summed E-state index contributed by atoms with van der Waals surface area (Å²) in [6.45, 7) is 2.27. The van der Waals surface area contributed by atoms with Crippen LogP contribution < -0.4 is 10.5 Å². The van der Waals surface area contributed by atoms with Crippen LogP contribution in [0.3, 0.4) is 0 Å². The summed E-state index contributed by atoms with van der Waals surface area (Å²) in [5, 5.41) is 0.709. The highest BCUT2D eigenvalue weighted by Crippen LogP contribution is 2.33. The van der Waals surface area contributed by atoms with Crippen LogP contribution in [0, 0.1) is 0 Å². The minimum Gasteiger partial charge on any atom is -0.437 e. The molecule has 1 unspecified atom stereocenters. The molecule has 0 aliphatic carbocycles. The predicted molar refractivity (Wildman–Crippen MR) is 106 cm³/mol. The molecule has 5 nitrogen and oxygen atoms in total. The van der Waals surface area contributed by atoms with E-state index < -0.39 is 0 Å². The lowest BCUT2D eigenvalue weighted by Crippen LogP contribution is -2.39. The minimum atomic E-state index is -0.150. The Labute approximate surface area is 169 Å². The van der Waals surface area contributed by atoms with Gasteiger partial charge in [0.05, 0.1) is 10.6 Å². The summed E-state index contributed by atoms with van der Waals surface area (Å²) in [6.07, 6.45) is 1.45. The molecule has 0 saturated heterocycles. The van der Waals surface area contributed by atoms with Gasteiger partial charge < -0.3 is 15.4 Å². The maximum atomic E-state index is 12.3. The van der Waals surface area contributed by atoms with Crippen LogP contribution in [-0.4, -0.2) is 35.4 Å². The first-order valence-corrected chi connectivity index (χ1v) is 7.74. The summed E-state index contributed by atoms with van der Waals surface area (Å²) in [4.78, 5) is 18.0. The summed E-state index contributed by atoms with van der Waals surface area (Å²) >= 11 is 12.0. The second kappa shape index (κ2) is 10.7. The fourth-order valence-electron chi connectivity index (χ4n) is 1.80. The number of ether oxygens (including phenoxy) is 1. The molecule has 0 radical (unpaired) electrons. The van der Waals surface area contributed by atoms with E-state index in [0.29, 0.717) is 33.8 Å². The molecule has 0 aliphatic rings. The van der Waals surface area contributed by atoms with Crippen LogP contribution in [0.4, 0.5) is 0 Å². The van der Waals surface area contributed by atoms with Crippen molar-refractivity contribution in [3.05, 3.63) is 52.1 Å². The molecular formula is C16H19Cl4N3O2. The molecule has 25 heavy (non-hydrogen) atoms. The molecule has 1 aromatic heterocycles. The molecule has 0 saturated carbocycles. The summed E-state index contributed by atoms with van der Waals surface area (Å²) in [5.74, 6) is 0.572. The molecule has 0 bridgehead atoms. The topological polar surface area (TPSA) is 68.5 Å². The number of benzene rings is 1. The summed E-state index contributed by atoms with van der Waals surface area (Å²) in [7, 11) is 1.70. The molecule has 1 aromatic carbocycles. The predicted octanol–water partition coefficient (Wildman–Crippen LogP) is 4.44. The Morgan fingerprint density at radius 3 is 2.52 bits per heavy atom. The largest absolute Gasteiger partial charge is 0.437 e. The van der Waals surface area contributed by atoms with Gasteiger partial charge in [-0.15, -0.1) is 24.8 Å². The Morgan fingerprint density at radius 2 is 1.96 bits per heavy atom. The molecular weight excluding hydrogens is 408 g/mol. The van der Waals surface area contributed by atoms with E-state index in [4.69, 9.17) is 33.7 Å². The highest BCUT2D eigenvalue weighted by atomic mass is 35.5. The number of nitrogens with zero attached hydrogens (tertiary/aromatic N) is 2. The molecule has 1 atom stereocenters. The number of likely N-dealkylation sites (N-methyl/N-ethyl adjacent to an activating group) is 1. The molecule has 1 amide bonds. The summed E-state index contributed by atoms with van der Waals surface area (Å²) < 4.78 is 5.58. The van der Waals surface area contributed by atoms with Gasteiger partial charge in [-0.2, -0.15) is 0 Å². The monoisotopic (exact) mass is 425 g/mol. The van der Waals surface area contributed by atoms with E-state index in [2.05, 4.69) is 4.98 Å². The third-order valence-corrected chi connectivity index (χ3v) is 4.24. The number of halogens is 4. The van der Waals surface area contributed by atoms with E-state index >= 15 is 0 Å². The van der Waals surface area contributed by atoms with Gasteiger partial charge in [0, 0.05) is 31.9 Å². The average molecular weight is 427 g/mol. The fourth-order valence-corrected chi connectivity index (χ4v) is 2.14. The molecule has 9 heteroatoms. The number of hydrogen-bond donors (Lipinski definition) is 1. The van der Waals surface area contributed by atoms with Gasteiger partial charge in [0.2, 0.25) is 5.88 Å². The Morgan fingerprint density at radius 1 is 1.28 bits per heavy atom. The molecule has 2 rings (SSSR count). The lowest BCUT2D eigenvalue weighted by molar-refractivity contribution is 0.0748. The zero-order valence-corrected chi connectivity index (χ0v) is 16.8. The van der Waals surface area contributed by atoms with Gasteiger partial charge in [0.25, 0.3) is 5.91 Å². The number of carbonyl (C=O) groups is 1. The lowest BCUT2D eigenvalue weighted by atomic mass is 10.2. The van der Waals surface area contributed by atoms with Crippen molar-refractivity contribution in [1.82, 2.24) is 9.88 Å². The van der Waals surface area contributed by atoms with Crippen LogP contribution in [0.5, 0.6) is 11.6 Å². The standard InChI is InChI=1S/C16H17Cl2N3O2.2ClH/c1-10(8-19)21(2)16(22)11-6-7-14(20-9-11)23-13-5-3-4-12(17)15(13)18;;/h3-7,9-10H,8,19H2,1-2H3;2*1H. The minimum absolute atomic E-state index is 0. The van der Waals surface area contributed by atoms with Crippen LogP contribution in [-0.2, 0) is 0 Å². The van der Waals surface area contributed by atoms with Crippen molar-refractivity contribution in [2.24, 2.45) is 5.73 Å². The number of rotatable bonds is 5. The zero-order valence-electron chi connectivity index (χ0n) is 13.6. The van der Waals surface area contributed by atoms with Crippen molar-refractivity contribution >= 4 is 53.9 Å². The van der Waals surface area contributed by atoms with Crippen molar-refractivity contribution in [3.63, 3.8) is 0 Å².